The second kappa shape index (κ2) is 9.55. The number of carbonyl (C=O) groups excluding carboxylic acids is 1. The van der Waals surface area contributed by atoms with Crippen molar-refractivity contribution in [3.05, 3.63) is 59.4 Å². The molecule has 5 nitrogen and oxygen atoms in total. The average Bonchev–Trinajstić information content (AvgIpc) is 2.69. The summed E-state index contributed by atoms with van der Waals surface area (Å²) in [7, 11) is 1.46. The summed E-state index contributed by atoms with van der Waals surface area (Å²) in [4.78, 5) is 14.5. The van der Waals surface area contributed by atoms with Gasteiger partial charge < -0.3 is 15.2 Å². The maximum absolute atomic E-state index is 13.8. The molecule has 0 atom stereocenters. The highest BCUT2D eigenvalue weighted by Gasteiger charge is 2.21. The SMILES string of the molecule is COc1ccc(CN2CCC(NC(=O)CCc3ccccc3O)CC2)cc1F. The maximum atomic E-state index is 13.8. The molecule has 1 heterocycles. The number of aryl methyl sites for hydroxylation is 1. The van der Waals surface area contributed by atoms with E-state index in [1.807, 2.05) is 18.2 Å². The molecule has 0 bridgehead atoms. The summed E-state index contributed by atoms with van der Waals surface area (Å²) in [6.45, 7) is 2.41. The smallest absolute Gasteiger partial charge is 0.220 e. The molecule has 1 aliphatic rings. The van der Waals surface area contributed by atoms with Crippen LogP contribution in [-0.4, -0.2) is 42.2 Å². The number of likely N-dealkylation sites (tertiary alicyclic amines) is 1. The summed E-state index contributed by atoms with van der Waals surface area (Å²) in [5, 5.41) is 12.9. The molecule has 1 fully saturated rings. The molecule has 1 saturated heterocycles. The summed E-state index contributed by atoms with van der Waals surface area (Å²) >= 11 is 0. The van der Waals surface area contributed by atoms with Crippen molar-refractivity contribution in [1.29, 1.82) is 0 Å². The zero-order valence-corrected chi connectivity index (χ0v) is 16.2. The molecule has 28 heavy (non-hydrogen) atoms. The Labute approximate surface area is 165 Å². The van der Waals surface area contributed by atoms with Gasteiger partial charge in [-0.25, -0.2) is 4.39 Å². The van der Waals surface area contributed by atoms with Crippen LogP contribution in [0.2, 0.25) is 0 Å². The number of carbonyl (C=O) groups is 1. The van der Waals surface area contributed by atoms with Crippen LogP contribution in [0.1, 0.15) is 30.4 Å². The number of hydrogen-bond donors (Lipinski definition) is 2. The van der Waals surface area contributed by atoms with Crippen LogP contribution in [0.15, 0.2) is 42.5 Å². The Hall–Kier alpha value is -2.60. The largest absolute Gasteiger partial charge is 0.508 e. The highest BCUT2D eigenvalue weighted by molar-refractivity contribution is 5.76. The van der Waals surface area contributed by atoms with Crippen molar-refractivity contribution in [1.82, 2.24) is 10.2 Å². The molecule has 0 aromatic heterocycles. The lowest BCUT2D eigenvalue weighted by atomic mass is 10.0. The molecular weight excluding hydrogens is 359 g/mol. The van der Waals surface area contributed by atoms with Gasteiger partial charge in [0.15, 0.2) is 11.6 Å². The first-order valence-electron chi connectivity index (χ1n) is 9.66. The highest BCUT2D eigenvalue weighted by atomic mass is 19.1. The normalized spacial score (nSPS) is 15.4. The van der Waals surface area contributed by atoms with Gasteiger partial charge in [0.1, 0.15) is 5.75 Å². The molecule has 6 heteroatoms. The lowest BCUT2D eigenvalue weighted by Gasteiger charge is -2.32. The first-order chi connectivity index (χ1) is 13.5. The number of ether oxygens (including phenoxy) is 1. The zero-order chi connectivity index (χ0) is 19.9. The molecule has 150 valence electrons. The van der Waals surface area contributed by atoms with Gasteiger partial charge in [0.05, 0.1) is 7.11 Å². The first kappa shape index (κ1) is 20.1. The van der Waals surface area contributed by atoms with Crippen LogP contribution < -0.4 is 10.1 Å². The number of piperidine rings is 1. The lowest BCUT2D eigenvalue weighted by molar-refractivity contribution is -0.122. The number of aromatic hydroxyl groups is 1. The summed E-state index contributed by atoms with van der Waals surface area (Å²) in [6, 6.07) is 12.3. The van der Waals surface area contributed by atoms with E-state index in [9.17, 15) is 14.3 Å². The third-order valence-corrected chi connectivity index (χ3v) is 5.19. The van der Waals surface area contributed by atoms with E-state index in [0.717, 1.165) is 37.1 Å². The summed E-state index contributed by atoms with van der Waals surface area (Å²) in [5.74, 6) is 0.165. The number of phenolic OH excluding ortho intramolecular Hbond substituents is 1. The van der Waals surface area contributed by atoms with Gasteiger partial charge in [0, 0.05) is 32.1 Å². The second-order valence-electron chi connectivity index (χ2n) is 7.22. The quantitative estimate of drug-likeness (QED) is 0.767. The molecule has 0 spiro atoms. The number of hydrogen-bond acceptors (Lipinski definition) is 4. The Bertz CT molecular complexity index is 804. The predicted octanol–water partition coefficient (Wildman–Crippen LogP) is 3.25. The number of nitrogens with one attached hydrogen (secondary N) is 1. The number of rotatable bonds is 7. The van der Waals surface area contributed by atoms with Crippen molar-refractivity contribution < 1.29 is 19.0 Å². The van der Waals surface area contributed by atoms with E-state index in [1.165, 1.54) is 13.2 Å². The summed E-state index contributed by atoms with van der Waals surface area (Å²) < 4.78 is 18.8. The van der Waals surface area contributed by atoms with Crippen molar-refractivity contribution in [2.24, 2.45) is 0 Å². The van der Waals surface area contributed by atoms with Crippen LogP contribution in [0.5, 0.6) is 11.5 Å². The molecule has 0 unspecified atom stereocenters. The molecule has 2 aromatic rings. The molecular formula is C22H27FN2O3. The Morgan fingerprint density at radius 1 is 1.25 bits per heavy atom. The molecule has 2 aromatic carbocycles. The van der Waals surface area contributed by atoms with Gasteiger partial charge in [-0.1, -0.05) is 24.3 Å². The van der Waals surface area contributed by atoms with E-state index in [1.54, 1.807) is 18.2 Å². The standard InChI is InChI=1S/C22H27FN2O3/c1-28-21-8-6-16(14-19(21)23)15-25-12-10-18(11-13-25)24-22(27)9-7-17-4-2-3-5-20(17)26/h2-6,8,14,18,26H,7,9-13,15H2,1H3,(H,24,27). The third kappa shape index (κ3) is 5.45. The predicted molar refractivity (Wildman–Crippen MR) is 106 cm³/mol. The number of halogens is 1. The van der Waals surface area contributed by atoms with Crippen molar-refractivity contribution in [3.63, 3.8) is 0 Å². The van der Waals surface area contributed by atoms with Crippen molar-refractivity contribution in [2.75, 3.05) is 20.2 Å². The summed E-state index contributed by atoms with van der Waals surface area (Å²) in [6.07, 6.45) is 2.64. The van der Waals surface area contributed by atoms with Gasteiger partial charge >= 0.3 is 0 Å². The van der Waals surface area contributed by atoms with E-state index >= 15 is 0 Å². The van der Waals surface area contributed by atoms with Crippen LogP contribution in [0, 0.1) is 5.82 Å². The first-order valence-corrected chi connectivity index (χ1v) is 9.66. The molecule has 0 aliphatic carbocycles. The van der Waals surface area contributed by atoms with Crippen LogP contribution in [0.3, 0.4) is 0 Å². The molecule has 2 N–H and O–H groups in total. The number of phenols is 1. The Kier molecular flexibility index (Phi) is 6.87. The van der Waals surface area contributed by atoms with Crippen molar-refractivity contribution in [2.45, 2.75) is 38.3 Å². The Balaban J connectivity index is 1.40. The van der Waals surface area contributed by atoms with E-state index in [4.69, 9.17) is 4.74 Å². The Morgan fingerprint density at radius 3 is 2.68 bits per heavy atom. The minimum atomic E-state index is -0.341. The fourth-order valence-corrected chi connectivity index (χ4v) is 3.57. The van der Waals surface area contributed by atoms with Gasteiger partial charge in [0.2, 0.25) is 5.91 Å². The molecule has 1 amide bonds. The van der Waals surface area contributed by atoms with Crippen LogP contribution >= 0.6 is 0 Å². The maximum Gasteiger partial charge on any atom is 0.220 e. The topological polar surface area (TPSA) is 61.8 Å². The zero-order valence-electron chi connectivity index (χ0n) is 16.2. The van der Waals surface area contributed by atoms with Gasteiger partial charge in [-0.2, -0.15) is 0 Å². The molecule has 0 saturated carbocycles. The summed E-state index contributed by atoms with van der Waals surface area (Å²) in [5.41, 5.74) is 1.71. The molecule has 1 aliphatic heterocycles. The Morgan fingerprint density at radius 2 is 2.00 bits per heavy atom. The molecule has 0 radical (unpaired) electrons. The van der Waals surface area contributed by atoms with Gasteiger partial charge in [0.25, 0.3) is 0 Å². The van der Waals surface area contributed by atoms with Crippen LogP contribution in [0.25, 0.3) is 0 Å². The van der Waals surface area contributed by atoms with Crippen molar-refractivity contribution in [3.8, 4) is 11.5 Å². The fraction of sp³-hybridized carbons (Fsp3) is 0.409. The van der Waals surface area contributed by atoms with Crippen LogP contribution in [0.4, 0.5) is 4.39 Å². The lowest BCUT2D eigenvalue weighted by Crippen LogP contribution is -2.44. The number of methoxy groups -OCH3 is 1. The number of nitrogens with zero attached hydrogens (tertiary/aromatic N) is 1. The van der Waals surface area contributed by atoms with Gasteiger partial charge in [-0.3, -0.25) is 9.69 Å². The van der Waals surface area contributed by atoms with Gasteiger partial charge in [-0.05, 0) is 48.6 Å². The van der Waals surface area contributed by atoms with Crippen LogP contribution in [-0.2, 0) is 17.8 Å². The van der Waals surface area contributed by atoms with Gasteiger partial charge in [-0.15, -0.1) is 0 Å². The van der Waals surface area contributed by atoms with Crippen molar-refractivity contribution >= 4 is 5.91 Å². The van der Waals surface area contributed by atoms with E-state index in [2.05, 4.69) is 10.2 Å². The van der Waals surface area contributed by atoms with E-state index in [-0.39, 0.29) is 29.3 Å². The highest BCUT2D eigenvalue weighted by Crippen LogP contribution is 2.21. The fourth-order valence-electron chi connectivity index (χ4n) is 3.57. The minimum Gasteiger partial charge on any atom is -0.508 e. The third-order valence-electron chi connectivity index (χ3n) is 5.19. The monoisotopic (exact) mass is 386 g/mol. The second-order valence-corrected chi connectivity index (χ2v) is 7.22. The average molecular weight is 386 g/mol. The number of para-hydroxylation sites is 1. The van der Waals surface area contributed by atoms with E-state index < -0.39 is 0 Å². The molecule has 3 rings (SSSR count). The number of benzene rings is 2. The van der Waals surface area contributed by atoms with E-state index in [0.29, 0.717) is 19.4 Å². The minimum absolute atomic E-state index is 0.0129. The number of amides is 1.